The second-order valence-electron chi connectivity index (χ2n) is 6.89. The molecule has 4 rings (SSSR count). The van der Waals surface area contributed by atoms with Crippen LogP contribution in [0.2, 0.25) is 0 Å². The van der Waals surface area contributed by atoms with Gasteiger partial charge in [-0.3, -0.25) is 14.5 Å². The summed E-state index contributed by atoms with van der Waals surface area (Å²) in [6.45, 7) is -0.0307. The van der Waals surface area contributed by atoms with E-state index in [0.29, 0.717) is 16.3 Å². The molecule has 160 valence electrons. The molecule has 32 heavy (non-hydrogen) atoms. The van der Waals surface area contributed by atoms with Crippen molar-refractivity contribution in [3.8, 4) is 17.1 Å². The molecule has 1 heterocycles. The number of carbonyl (C=O) groups is 1. The second kappa shape index (κ2) is 9.84. The lowest BCUT2D eigenvalue weighted by Gasteiger charge is -2.09. The predicted octanol–water partition coefficient (Wildman–Crippen LogP) is 4.19. The van der Waals surface area contributed by atoms with Crippen molar-refractivity contribution in [2.24, 2.45) is 5.10 Å². The Morgan fingerprint density at radius 2 is 1.59 bits per heavy atom. The summed E-state index contributed by atoms with van der Waals surface area (Å²) < 4.78 is 7.18. The fourth-order valence-corrected chi connectivity index (χ4v) is 3.41. The summed E-state index contributed by atoms with van der Waals surface area (Å²) in [7, 11) is 1.61. The van der Waals surface area contributed by atoms with Crippen LogP contribution in [0, 0.1) is 4.77 Å². The standard InChI is InChI=1S/C24H21N5O2S/c1-31-20-14-12-19(13-15-20)23-27-28-24(32)29(23)16-21(30)25-26-22(17-8-4-2-5-9-17)18-10-6-3-7-11-18/h2-15H,16H2,1H3,(H,25,30)(H,28,32). The first-order chi connectivity index (χ1) is 15.7. The van der Waals surface area contributed by atoms with Crippen molar-refractivity contribution in [1.29, 1.82) is 0 Å². The van der Waals surface area contributed by atoms with Gasteiger partial charge < -0.3 is 4.74 Å². The molecule has 0 unspecified atom stereocenters. The highest BCUT2D eigenvalue weighted by Gasteiger charge is 2.13. The molecule has 1 aromatic heterocycles. The summed E-state index contributed by atoms with van der Waals surface area (Å²) in [5.41, 5.74) is 5.94. The number of aromatic amines is 1. The van der Waals surface area contributed by atoms with Gasteiger partial charge in [0.15, 0.2) is 10.6 Å². The smallest absolute Gasteiger partial charge is 0.260 e. The maximum Gasteiger partial charge on any atom is 0.260 e. The second-order valence-corrected chi connectivity index (χ2v) is 7.28. The third kappa shape index (κ3) is 4.81. The topological polar surface area (TPSA) is 84.3 Å². The molecule has 0 aliphatic carbocycles. The van der Waals surface area contributed by atoms with Crippen molar-refractivity contribution in [3.63, 3.8) is 0 Å². The average Bonchev–Trinajstić information content (AvgIpc) is 3.20. The molecule has 0 saturated heterocycles. The molecule has 0 atom stereocenters. The van der Waals surface area contributed by atoms with Crippen molar-refractivity contribution >= 4 is 23.8 Å². The van der Waals surface area contributed by atoms with Gasteiger partial charge in [0.05, 0.1) is 12.8 Å². The normalized spacial score (nSPS) is 10.4. The molecular formula is C24H21N5O2S. The van der Waals surface area contributed by atoms with Crippen LogP contribution in [0.25, 0.3) is 11.4 Å². The van der Waals surface area contributed by atoms with Gasteiger partial charge in [-0.25, -0.2) is 5.43 Å². The zero-order valence-electron chi connectivity index (χ0n) is 17.4. The first kappa shape index (κ1) is 21.2. The molecule has 0 bridgehead atoms. The van der Waals surface area contributed by atoms with E-state index in [4.69, 9.17) is 17.0 Å². The van der Waals surface area contributed by atoms with Crippen molar-refractivity contribution in [2.45, 2.75) is 6.54 Å². The highest BCUT2D eigenvalue weighted by molar-refractivity contribution is 7.71. The van der Waals surface area contributed by atoms with Gasteiger partial charge >= 0.3 is 0 Å². The van der Waals surface area contributed by atoms with E-state index in [2.05, 4.69) is 20.7 Å². The van der Waals surface area contributed by atoms with E-state index in [1.165, 1.54) is 0 Å². The Bertz CT molecular complexity index is 1240. The number of nitrogens with zero attached hydrogens (tertiary/aromatic N) is 3. The van der Waals surface area contributed by atoms with Crippen LogP contribution in [-0.2, 0) is 11.3 Å². The van der Waals surface area contributed by atoms with Gasteiger partial charge in [-0.15, -0.1) is 0 Å². The lowest BCUT2D eigenvalue weighted by molar-refractivity contribution is -0.121. The number of H-pyrrole nitrogens is 1. The summed E-state index contributed by atoms with van der Waals surface area (Å²) in [4.78, 5) is 12.8. The Hall–Kier alpha value is -4.04. The summed E-state index contributed by atoms with van der Waals surface area (Å²) in [5, 5.41) is 11.5. The Morgan fingerprint density at radius 1 is 1.00 bits per heavy atom. The van der Waals surface area contributed by atoms with Crippen LogP contribution in [0.15, 0.2) is 90.0 Å². The molecular weight excluding hydrogens is 422 g/mol. The molecule has 0 aliphatic heterocycles. The van der Waals surface area contributed by atoms with E-state index < -0.39 is 0 Å². The van der Waals surface area contributed by atoms with Crippen molar-refractivity contribution in [2.75, 3.05) is 7.11 Å². The number of hydrogen-bond donors (Lipinski definition) is 2. The molecule has 3 aromatic carbocycles. The number of hydrogen-bond acceptors (Lipinski definition) is 5. The summed E-state index contributed by atoms with van der Waals surface area (Å²) in [6, 6.07) is 26.8. The van der Waals surface area contributed by atoms with E-state index >= 15 is 0 Å². The largest absolute Gasteiger partial charge is 0.497 e. The molecule has 2 N–H and O–H groups in total. The third-order valence-electron chi connectivity index (χ3n) is 4.80. The van der Waals surface area contributed by atoms with Crippen molar-refractivity contribution in [1.82, 2.24) is 20.2 Å². The van der Waals surface area contributed by atoms with E-state index in [9.17, 15) is 4.79 Å². The third-order valence-corrected chi connectivity index (χ3v) is 5.11. The van der Waals surface area contributed by atoms with E-state index in [0.717, 1.165) is 22.4 Å². The molecule has 4 aromatic rings. The number of amides is 1. The minimum Gasteiger partial charge on any atom is -0.497 e. The number of benzene rings is 3. The average molecular weight is 444 g/mol. The minimum absolute atomic E-state index is 0.0307. The van der Waals surface area contributed by atoms with Crippen LogP contribution in [-0.4, -0.2) is 33.5 Å². The van der Waals surface area contributed by atoms with Gasteiger partial charge in [0, 0.05) is 16.7 Å². The number of carbonyl (C=O) groups excluding carboxylic acids is 1. The molecule has 0 fully saturated rings. The predicted molar refractivity (Wildman–Crippen MR) is 126 cm³/mol. The Kier molecular flexibility index (Phi) is 6.52. The van der Waals surface area contributed by atoms with E-state index in [1.54, 1.807) is 11.7 Å². The number of ether oxygens (including phenoxy) is 1. The van der Waals surface area contributed by atoms with Gasteiger partial charge in [0.25, 0.3) is 5.91 Å². The minimum atomic E-state index is -0.318. The van der Waals surface area contributed by atoms with Gasteiger partial charge in [0.2, 0.25) is 0 Å². The van der Waals surface area contributed by atoms with Crippen LogP contribution in [0.1, 0.15) is 11.1 Å². The first-order valence-electron chi connectivity index (χ1n) is 9.92. The SMILES string of the molecule is COc1ccc(-c2n[nH]c(=S)n2CC(=O)NN=C(c2ccccc2)c2ccccc2)cc1. The maximum atomic E-state index is 12.8. The van der Waals surface area contributed by atoms with Crippen LogP contribution in [0.4, 0.5) is 0 Å². The zero-order valence-corrected chi connectivity index (χ0v) is 18.2. The molecule has 8 heteroatoms. The first-order valence-corrected chi connectivity index (χ1v) is 10.3. The molecule has 0 spiro atoms. The molecule has 7 nitrogen and oxygen atoms in total. The van der Waals surface area contributed by atoms with Crippen molar-refractivity contribution in [3.05, 3.63) is 101 Å². The van der Waals surface area contributed by atoms with Gasteiger partial charge in [-0.05, 0) is 36.5 Å². The summed E-state index contributed by atoms with van der Waals surface area (Å²) in [5.74, 6) is 0.973. The molecule has 0 saturated carbocycles. The van der Waals surface area contributed by atoms with Crippen LogP contribution in [0.5, 0.6) is 5.75 Å². The van der Waals surface area contributed by atoms with Gasteiger partial charge in [-0.1, -0.05) is 60.7 Å². The molecule has 0 aliphatic rings. The summed E-state index contributed by atoms with van der Waals surface area (Å²) >= 11 is 5.33. The van der Waals surface area contributed by atoms with Crippen LogP contribution in [0.3, 0.4) is 0 Å². The quantitative estimate of drug-likeness (QED) is 0.255. The fraction of sp³-hybridized carbons (Fsp3) is 0.0833. The number of aromatic nitrogens is 3. The summed E-state index contributed by atoms with van der Waals surface area (Å²) in [6.07, 6.45) is 0. The highest BCUT2D eigenvalue weighted by atomic mass is 32.1. The molecule has 0 radical (unpaired) electrons. The monoisotopic (exact) mass is 443 g/mol. The number of rotatable bonds is 7. The van der Waals surface area contributed by atoms with Crippen molar-refractivity contribution < 1.29 is 9.53 Å². The highest BCUT2D eigenvalue weighted by Crippen LogP contribution is 2.21. The number of methoxy groups -OCH3 is 1. The number of hydrazone groups is 1. The van der Waals surface area contributed by atoms with Crippen LogP contribution < -0.4 is 10.2 Å². The van der Waals surface area contributed by atoms with Gasteiger partial charge in [0.1, 0.15) is 12.3 Å². The Morgan fingerprint density at radius 3 is 2.16 bits per heavy atom. The molecule has 1 amide bonds. The van der Waals surface area contributed by atoms with Gasteiger partial charge in [-0.2, -0.15) is 10.2 Å². The fourth-order valence-electron chi connectivity index (χ4n) is 3.21. The Balaban J connectivity index is 1.57. The lowest BCUT2D eigenvalue weighted by atomic mass is 10.0. The van der Waals surface area contributed by atoms with Crippen LogP contribution >= 0.6 is 12.2 Å². The lowest BCUT2D eigenvalue weighted by Crippen LogP contribution is -2.25. The zero-order chi connectivity index (χ0) is 22.3. The number of nitrogens with one attached hydrogen (secondary N) is 2. The Labute approximate surface area is 190 Å². The van der Waals surface area contributed by atoms with E-state index in [-0.39, 0.29) is 12.5 Å². The maximum absolute atomic E-state index is 12.8. The van der Waals surface area contributed by atoms with E-state index in [1.807, 2.05) is 84.9 Å².